The van der Waals surface area contributed by atoms with Crippen LogP contribution in [0.4, 0.5) is 0 Å². The van der Waals surface area contributed by atoms with Crippen molar-refractivity contribution >= 4 is 0 Å². The Morgan fingerprint density at radius 3 is 1.47 bits per heavy atom. The van der Waals surface area contributed by atoms with E-state index in [-0.39, 0.29) is 0 Å². The van der Waals surface area contributed by atoms with Gasteiger partial charge in [-0.05, 0) is 65.7 Å². The van der Waals surface area contributed by atoms with Gasteiger partial charge < -0.3 is 4.74 Å². The molecule has 3 nitrogen and oxygen atoms in total. The van der Waals surface area contributed by atoms with Crippen molar-refractivity contribution in [3.05, 3.63) is 0 Å². The van der Waals surface area contributed by atoms with Gasteiger partial charge in [0.15, 0.2) is 0 Å². The molecule has 0 bridgehead atoms. The molecule has 0 aromatic heterocycles. The molecule has 17 heavy (non-hydrogen) atoms. The summed E-state index contributed by atoms with van der Waals surface area (Å²) in [7, 11) is 0. The van der Waals surface area contributed by atoms with Crippen molar-refractivity contribution in [1.82, 2.24) is 9.80 Å². The lowest BCUT2D eigenvalue weighted by molar-refractivity contribution is 0.0419. The Morgan fingerprint density at radius 2 is 1.12 bits per heavy atom. The van der Waals surface area contributed by atoms with Crippen LogP contribution >= 0.6 is 0 Å². The first-order chi connectivity index (χ1) is 8.27. The first kappa shape index (κ1) is 13.3. The fraction of sp³-hybridized carbons (Fsp3) is 1.00. The third kappa shape index (κ3) is 3.94. The van der Waals surface area contributed by atoms with Crippen LogP contribution in [0.15, 0.2) is 0 Å². The standard InChI is InChI=1S/C14H28N2O/c1-13(15-7-3-4-8-15)11-17-12-14(2)16-9-5-6-10-16/h13-14H,3-12H2,1-2H3. The molecule has 0 saturated carbocycles. The van der Waals surface area contributed by atoms with Gasteiger partial charge in [-0.25, -0.2) is 0 Å². The monoisotopic (exact) mass is 240 g/mol. The second-order valence-corrected chi connectivity index (χ2v) is 5.72. The van der Waals surface area contributed by atoms with Gasteiger partial charge in [-0.2, -0.15) is 0 Å². The molecule has 2 heterocycles. The molecule has 2 fully saturated rings. The summed E-state index contributed by atoms with van der Waals surface area (Å²) in [5, 5.41) is 0. The highest BCUT2D eigenvalue weighted by molar-refractivity contribution is 4.74. The van der Waals surface area contributed by atoms with Crippen LogP contribution in [0.5, 0.6) is 0 Å². The maximum Gasteiger partial charge on any atom is 0.0619 e. The van der Waals surface area contributed by atoms with Crippen LogP contribution in [0.3, 0.4) is 0 Å². The van der Waals surface area contributed by atoms with Crippen molar-refractivity contribution in [3.8, 4) is 0 Å². The van der Waals surface area contributed by atoms with Gasteiger partial charge in [0.1, 0.15) is 0 Å². The number of ether oxygens (including phenoxy) is 1. The Labute approximate surface area is 106 Å². The summed E-state index contributed by atoms with van der Waals surface area (Å²) in [6.07, 6.45) is 5.48. The number of hydrogen-bond acceptors (Lipinski definition) is 3. The maximum atomic E-state index is 5.90. The van der Waals surface area contributed by atoms with E-state index in [0.29, 0.717) is 12.1 Å². The SMILES string of the molecule is CC(COCC(C)N1CCCC1)N1CCCC1. The zero-order chi connectivity index (χ0) is 12.1. The van der Waals surface area contributed by atoms with E-state index in [9.17, 15) is 0 Å². The Morgan fingerprint density at radius 1 is 0.765 bits per heavy atom. The molecule has 3 heteroatoms. The van der Waals surface area contributed by atoms with Crippen molar-refractivity contribution in [3.63, 3.8) is 0 Å². The first-order valence-corrected chi connectivity index (χ1v) is 7.33. The van der Waals surface area contributed by atoms with E-state index in [0.717, 1.165) is 13.2 Å². The van der Waals surface area contributed by atoms with E-state index in [1.807, 2.05) is 0 Å². The lowest BCUT2D eigenvalue weighted by atomic mass is 10.3. The van der Waals surface area contributed by atoms with Crippen LogP contribution in [0.1, 0.15) is 39.5 Å². The average molecular weight is 240 g/mol. The van der Waals surface area contributed by atoms with Gasteiger partial charge in [-0.1, -0.05) is 0 Å². The maximum absolute atomic E-state index is 5.90. The second-order valence-electron chi connectivity index (χ2n) is 5.72. The molecular formula is C14H28N2O. The Bertz CT molecular complexity index is 188. The highest BCUT2D eigenvalue weighted by Gasteiger charge is 2.20. The van der Waals surface area contributed by atoms with E-state index < -0.39 is 0 Å². The molecule has 0 aromatic rings. The molecule has 2 saturated heterocycles. The summed E-state index contributed by atoms with van der Waals surface area (Å²) in [4.78, 5) is 5.11. The highest BCUT2D eigenvalue weighted by Crippen LogP contribution is 2.13. The van der Waals surface area contributed by atoms with Crippen molar-refractivity contribution in [2.75, 3.05) is 39.4 Å². The third-order valence-electron chi connectivity index (χ3n) is 4.25. The normalized spacial score (nSPS) is 26.5. The average Bonchev–Trinajstić information content (AvgIpc) is 3.02. The highest BCUT2D eigenvalue weighted by atomic mass is 16.5. The number of likely N-dealkylation sites (tertiary alicyclic amines) is 2. The van der Waals surface area contributed by atoms with Crippen LogP contribution < -0.4 is 0 Å². The Balaban J connectivity index is 1.58. The predicted molar refractivity (Wildman–Crippen MR) is 71.4 cm³/mol. The summed E-state index contributed by atoms with van der Waals surface area (Å²) in [6.45, 7) is 11.5. The van der Waals surface area contributed by atoms with E-state index in [2.05, 4.69) is 23.6 Å². The van der Waals surface area contributed by atoms with Crippen molar-refractivity contribution < 1.29 is 4.74 Å². The largest absolute Gasteiger partial charge is 0.378 e. The summed E-state index contributed by atoms with van der Waals surface area (Å²) in [5.74, 6) is 0. The minimum atomic E-state index is 0.600. The van der Waals surface area contributed by atoms with E-state index in [4.69, 9.17) is 4.74 Å². The summed E-state index contributed by atoms with van der Waals surface area (Å²) in [5.41, 5.74) is 0. The van der Waals surface area contributed by atoms with Gasteiger partial charge >= 0.3 is 0 Å². The van der Waals surface area contributed by atoms with Gasteiger partial charge in [0.05, 0.1) is 13.2 Å². The predicted octanol–water partition coefficient (Wildman–Crippen LogP) is 1.97. The molecule has 0 radical (unpaired) electrons. The fourth-order valence-electron chi connectivity index (χ4n) is 2.98. The zero-order valence-corrected chi connectivity index (χ0v) is 11.5. The summed E-state index contributed by atoms with van der Waals surface area (Å²) >= 11 is 0. The second kappa shape index (κ2) is 6.72. The van der Waals surface area contributed by atoms with E-state index >= 15 is 0 Å². The van der Waals surface area contributed by atoms with Gasteiger partial charge in [-0.3, -0.25) is 9.80 Å². The molecule has 0 aliphatic carbocycles. The minimum Gasteiger partial charge on any atom is -0.378 e. The van der Waals surface area contributed by atoms with Crippen LogP contribution in [-0.2, 0) is 4.74 Å². The quantitative estimate of drug-likeness (QED) is 0.706. The topological polar surface area (TPSA) is 15.7 Å². The van der Waals surface area contributed by atoms with E-state index in [1.54, 1.807) is 0 Å². The summed E-state index contributed by atoms with van der Waals surface area (Å²) in [6, 6.07) is 1.20. The molecule has 2 atom stereocenters. The van der Waals surface area contributed by atoms with Gasteiger partial charge in [0.25, 0.3) is 0 Å². The third-order valence-corrected chi connectivity index (χ3v) is 4.25. The molecule has 0 aromatic carbocycles. The number of nitrogens with zero attached hydrogens (tertiary/aromatic N) is 2. The number of rotatable bonds is 6. The molecule has 2 unspecified atom stereocenters. The molecule has 2 aliphatic rings. The molecule has 0 N–H and O–H groups in total. The van der Waals surface area contributed by atoms with Crippen molar-refractivity contribution in [2.45, 2.75) is 51.6 Å². The number of hydrogen-bond donors (Lipinski definition) is 0. The summed E-state index contributed by atoms with van der Waals surface area (Å²) < 4.78 is 5.90. The lowest BCUT2D eigenvalue weighted by Crippen LogP contribution is -2.37. The van der Waals surface area contributed by atoms with Crippen LogP contribution in [0, 0.1) is 0 Å². The first-order valence-electron chi connectivity index (χ1n) is 7.33. The van der Waals surface area contributed by atoms with Gasteiger partial charge in [0, 0.05) is 12.1 Å². The molecule has 2 aliphatic heterocycles. The molecule has 100 valence electrons. The van der Waals surface area contributed by atoms with E-state index in [1.165, 1.54) is 51.9 Å². The minimum absolute atomic E-state index is 0.600. The van der Waals surface area contributed by atoms with Crippen LogP contribution in [0.25, 0.3) is 0 Å². The Kier molecular flexibility index (Phi) is 5.26. The molecule has 0 spiro atoms. The molecular weight excluding hydrogens is 212 g/mol. The van der Waals surface area contributed by atoms with Crippen LogP contribution in [-0.4, -0.2) is 61.3 Å². The molecule has 0 amide bonds. The van der Waals surface area contributed by atoms with Gasteiger partial charge in [0.2, 0.25) is 0 Å². The fourth-order valence-corrected chi connectivity index (χ4v) is 2.98. The Hall–Kier alpha value is -0.120. The molecule has 2 rings (SSSR count). The smallest absolute Gasteiger partial charge is 0.0619 e. The van der Waals surface area contributed by atoms with Crippen molar-refractivity contribution in [2.24, 2.45) is 0 Å². The lowest BCUT2D eigenvalue weighted by Gasteiger charge is -2.27. The van der Waals surface area contributed by atoms with Crippen LogP contribution in [0.2, 0.25) is 0 Å². The van der Waals surface area contributed by atoms with Crippen molar-refractivity contribution in [1.29, 1.82) is 0 Å². The van der Waals surface area contributed by atoms with Gasteiger partial charge in [-0.15, -0.1) is 0 Å². The zero-order valence-electron chi connectivity index (χ0n) is 11.5.